The molecule has 0 fully saturated rings. The summed E-state index contributed by atoms with van der Waals surface area (Å²) in [5, 5.41) is 12.0. The lowest BCUT2D eigenvalue weighted by atomic mass is 10.1. The standard InChI is InChI=1S/C14H11ClFN5/c1-8-2-3-9(15)6-13(8)21-14(18-19-20-21)11-7-10(17)4-5-12(11)16/h2-7H,17H2,1H3. The van der Waals surface area contributed by atoms with Gasteiger partial charge in [-0.2, -0.15) is 4.68 Å². The highest BCUT2D eigenvalue weighted by Gasteiger charge is 2.16. The third-order valence-electron chi connectivity index (χ3n) is 3.10. The van der Waals surface area contributed by atoms with Gasteiger partial charge in [-0.3, -0.25) is 0 Å². The van der Waals surface area contributed by atoms with E-state index in [0.717, 1.165) is 5.56 Å². The van der Waals surface area contributed by atoms with E-state index in [9.17, 15) is 4.39 Å². The summed E-state index contributed by atoms with van der Waals surface area (Å²) in [6.07, 6.45) is 0. The molecule has 7 heteroatoms. The number of hydrogen-bond acceptors (Lipinski definition) is 4. The predicted octanol–water partition coefficient (Wildman–Crippen LogP) is 3.01. The van der Waals surface area contributed by atoms with Gasteiger partial charge in [-0.05, 0) is 53.2 Å². The fraction of sp³-hybridized carbons (Fsp3) is 0.0714. The Bertz CT molecular complexity index is 749. The highest BCUT2D eigenvalue weighted by Crippen LogP contribution is 2.26. The van der Waals surface area contributed by atoms with Gasteiger partial charge < -0.3 is 5.73 Å². The molecule has 0 aliphatic carbocycles. The summed E-state index contributed by atoms with van der Waals surface area (Å²) in [4.78, 5) is 0. The van der Waals surface area contributed by atoms with Gasteiger partial charge in [0.1, 0.15) is 5.82 Å². The summed E-state index contributed by atoms with van der Waals surface area (Å²) < 4.78 is 15.5. The monoisotopic (exact) mass is 303 g/mol. The molecule has 1 aromatic heterocycles. The SMILES string of the molecule is Cc1ccc(Cl)cc1-n1nnnc1-c1cc(N)ccc1F. The van der Waals surface area contributed by atoms with E-state index in [-0.39, 0.29) is 11.4 Å². The van der Waals surface area contributed by atoms with Gasteiger partial charge in [0, 0.05) is 10.7 Å². The minimum absolute atomic E-state index is 0.236. The number of nitrogen functional groups attached to an aromatic ring is 1. The van der Waals surface area contributed by atoms with Crippen molar-refractivity contribution >= 4 is 17.3 Å². The molecule has 2 aromatic carbocycles. The zero-order chi connectivity index (χ0) is 15.0. The van der Waals surface area contributed by atoms with Gasteiger partial charge in [0.2, 0.25) is 0 Å². The maximum atomic E-state index is 14.0. The van der Waals surface area contributed by atoms with Crippen molar-refractivity contribution in [3.05, 3.63) is 52.8 Å². The molecule has 0 saturated carbocycles. The normalized spacial score (nSPS) is 10.8. The molecular weight excluding hydrogens is 293 g/mol. The molecule has 0 aliphatic rings. The molecule has 1 heterocycles. The molecule has 106 valence electrons. The Morgan fingerprint density at radius 1 is 1.19 bits per heavy atom. The number of tetrazole rings is 1. The largest absolute Gasteiger partial charge is 0.399 e. The van der Waals surface area contributed by atoms with Crippen molar-refractivity contribution in [2.24, 2.45) is 0 Å². The first kappa shape index (κ1) is 13.5. The Labute approximate surface area is 125 Å². The predicted molar refractivity (Wildman–Crippen MR) is 78.7 cm³/mol. The van der Waals surface area contributed by atoms with Crippen LogP contribution < -0.4 is 5.73 Å². The summed E-state index contributed by atoms with van der Waals surface area (Å²) in [7, 11) is 0. The Hall–Kier alpha value is -2.47. The molecule has 0 bridgehead atoms. The van der Waals surface area contributed by atoms with Gasteiger partial charge in [0.05, 0.1) is 11.3 Å². The second kappa shape index (κ2) is 5.14. The zero-order valence-corrected chi connectivity index (χ0v) is 11.8. The van der Waals surface area contributed by atoms with Crippen molar-refractivity contribution in [1.82, 2.24) is 20.2 Å². The number of nitrogens with two attached hydrogens (primary N) is 1. The molecule has 0 amide bonds. The highest BCUT2D eigenvalue weighted by atomic mass is 35.5. The number of benzene rings is 2. The minimum Gasteiger partial charge on any atom is -0.399 e. The van der Waals surface area contributed by atoms with Crippen LogP contribution in [0.4, 0.5) is 10.1 Å². The third kappa shape index (κ3) is 2.45. The Morgan fingerprint density at radius 3 is 2.81 bits per heavy atom. The lowest BCUT2D eigenvalue weighted by Gasteiger charge is -2.09. The van der Waals surface area contributed by atoms with Crippen LogP contribution in [-0.4, -0.2) is 20.2 Å². The van der Waals surface area contributed by atoms with Gasteiger partial charge in [0.25, 0.3) is 0 Å². The summed E-state index contributed by atoms with van der Waals surface area (Å²) in [6, 6.07) is 9.61. The van der Waals surface area contributed by atoms with E-state index in [0.29, 0.717) is 16.4 Å². The summed E-state index contributed by atoms with van der Waals surface area (Å²) in [5.74, 6) is -0.176. The van der Waals surface area contributed by atoms with Crippen molar-refractivity contribution in [3.8, 4) is 17.1 Å². The molecule has 21 heavy (non-hydrogen) atoms. The summed E-state index contributed by atoms with van der Waals surface area (Å²) in [5.41, 5.74) is 7.98. The average molecular weight is 304 g/mol. The van der Waals surface area contributed by atoms with Crippen molar-refractivity contribution in [1.29, 1.82) is 0 Å². The second-order valence-corrected chi connectivity index (χ2v) is 5.02. The summed E-state index contributed by atoms with van der Waals surface area (Å²) >= 11 is 6.01. The average Bonchev–Trinajstić information content (AvgIpc) is 2.93. The Balaban J connectivity index is 2.22. The quantitative estimate of drug-likeness (QED) is 0.739. The molecule has 0 spiro atoms. The third-order valence-corrected chi connectivity index (χ3v) is 3.34. The van der Waals surface area contributed by atoms with Crippen LogP contribution in [0.2, 0.25) is 5.02 Å². The van der Waals surface area contributed by atoms with E-state index >= 15 is 0 Å². The first-order valence-electron chi connectivity index (χ1n) is 6.16. The van der Waals surface area contributed by atoms with Crippen LogP contribution in [0.3, 0.4) is 0 Å². The molecule has 5 nitrogen and oxygen atoms in total. The lowest BCUT2D eigenvalue weighted by Crippen LogP contribution is -2.03. The van der Waals surface area contributed by atoms with Crippen molar-refractivity contribution in [2.75, 3.05) is 5.73 Å². The molecule has 2 N–H and O–H groups in total. The molecule has 3 aromatic rings. The number of anilines is 1. The van der Waals surface area contributed by atoms with E-state index in [1.54, 1.807) is 12.1 Å². The number of halogens is 2. The van der Waals surface area contributed by atoms with Gasteiger partial charge in [-0.1, -0.05) is 17.7 Å². The molecule has 0 unspecified atom stereocenters. The fourth-order valence-corrected chi connectivity index (χ4v) is 2.21. The van der Waals surface area contributed by atoms with Crippen molar-refractivity contribution in [3.63, 3.8) is 0 Å². The molecule has 3 rings (SSSR count). The van der Waals surface area contributed by atoms with Gasteiger partial charge in [-0.25, -0.2) is 4.39 Å². The fourth-order valence-electron chi connectivity index (χ4n) is 2.04. The Kier molecular flexibility index (Phi) is 3.31. The smallest absolute Gasteiger partial charge is 0.190 e. The van der Waals surface area contributed by atoms with Gasteiger partial charge in [-0.15, -0.1) is 5.10 Å². The van der Waals surface area contributed by atoms with Crippen LogP contribution in [0.5, 0.6) is 0 Å². The highest BCUT2D eigenvalue weighted by molar-refractivity contribution is 6.30. The van der Waals surface area contributed by atoms with Crippen LogP contribution in [0.15, 0.2) is 36.4 Å². The summed E-state index contributed by atoms with van der Waals surface area (Å²) in [6.45, 7) is 1.90. The molecule has 0 aliphatic heterocycles. The van der Waals surface area contributed by atoms with Gasteiger partial charge >= 0.3 is 0 Å². The van der Waals surface area contributed by atoms with Crippen LogP contribution in [0, 0.1) is 12.7 Å². The van der Waals surface area contributed by atoms with E-state index in [4.69, 9.17) is 17.3 Å². The van der Waals surface area contributed by atoms with E-state index in [1.807, 2.05) is 13.0 Å². The molecule has 0 atom stereocenters. The maximum Gasteiger partial charge on any atom is 0.190 e. The first-order valence-corrected chi connectivity index (χ1v) is 6.54. The zero-order valence-electron chi connectivity index (χ0n) is 11.1. The molecular formula is C14H11ClFN5. The van der Waals surface area contributed by atoms with Crippen molar-refractivity contribution < 1.29 is 4.39 Å². The van der Waals surface area contributed by atoms with E-state index in [2.05, 4.69) is 15.5 Å². The topological polar surface area (TPSA) is 69.6 Å². The van der Waals surface area contributed by atoms with Crippen LogP contribution in [0.1, 0.15) is 5.56 Å². The molecule has 0 radical (unpaired) electrons. The number of hydrogen-bond donors (Lipinski definition) is 1. The van der Waals surface area contributed by atoms with Crippen LogP contribution in [0.25, 0.3) is 17.1 Å². The van der Waals surface area contributed by atoms with E-state index < -0.39 is 5.82 Å². The molecule has 0 saturated heterocycles. The first-order chi connectivity index (χ1) is 10.1. The number of nitrogens with zero attached hydrogens (tertiary/aromatic N) is 4. The maximum absolute atomic E-state index is 14.0. The Morgan fingerprint density at radius 2 is 2.00 bits per heavy atom. The number of aromatic nitrogens is 4. The van der Waals surface area contributed by atoms with E-state index in [1.165, 1.54) is 22.9 Å². The minimum atomic E-state index is -0.445. The number of rotatable bonds is 2. The van der Waals surface area contributed by atoms with Crippen molar-refractivity contribution in [2.45, 2.75) is 6.92 Å². The van der Waals surface area contributed by atoms with Gasteiger partial charge in [0.15, 0.2) is 5.82 Å². The lowest BCUT2D eigenvalue weighted by molar-refractivity contribution is 0.629. The van der Waals surface area contributed by atoms with Crippen LogP contribution >= 0.6 is 11.6 Å². The van der Waals surface area contributed by atoms with Crippen LogP contribution in [-0.2, 0) is 0 Å². The number of aryl methyl sites for hydroxylation is 1. The second-order valence-electron chi connectivity index (χ2n) is 4.58.